The molecule has 0 unspecified atom stereocenters. The highest BCUT2D eigenvalue weighted by Gasteiger charge is 2.61. The molecule has 0 aliphatic carbocycles. The molecule has 0 saturated carbocycles. The minimum Gasteiger partial charge on any atom is -0.497 e. The van der Waals surface area contributed by atoms with Gasteiger partial charge >= 0.3 is 5.00 Å². The monoisotopic (exact) mass is 335 g/mol. The van der Waals surface area contributed by atoms with Crippen LogP contribution in [0.2, 0.25) is 0 Å². The summed E-state index contributed by atoms with van der Waals surface area (Å²) in [6.07, 6.45) is -2.68. The van der Waals surface area contributed by atoms with E-state index < -0.39 is 22.1 Å². The maximum atomic E-state index is 11.6. The summed E-state index contributed by atoms with van der Waals surface area (Å²) in [6.45, 7) is 0. The Labute approximate surface area is 137 Å². The van der Waals surface area contributed by atoms with Gasteiger partial charge in [-0.2, -0.15) is 0 Å². The average Bonchev–Trinajstić information content (AvgIpc) is 2.58. The molecule has 1 heterocycles. The first-order valence-electron chi connectivity index (χ1n) is 6.89. The van der Waals surface area contributed by atoms with E-state index >= 15 is 0 Å². The second-order valence-corrected chi connectivity index (χ2v) is 5.81. The van der Waals surface area contributed by atoms with Crippen LogP contribution in [0.4, 0.5) is 0 Å². The van der Waals surface area contributed by atoms with Crippen molar-refractivity contribution in [2.45, 2.75) is 17.2 Å². The molecule has 3 rings (SSSR count). The summed E-state index contributed by atoms with van der Waals surface area (Å²) in [5, 5.41) is 22.2. The van der Waals surface area contributed by atoms with Crippen LogP contribution in [0.3, 0.4) is 0 Å². The van der Waals surface area contributed by atoms with Crippen molar-refractivity contribution in [2.24, 2.45) is 0 Å². The number of aliphatic hydroxyl groups excluding tert-OH is 1. The van der Waals surface area contributed by atoms with E-state index in [4.69, 9.17) is 21.1 Å². The van der Waals surface area contributed by atoms with Crippen molar-refractivity contribution >= 4 is 11.6 Å². The molecule has 1 aliphatic rings. The van der Waals surface area contributed by atoms with Gasteiger partial charge in [-0.05, 0) is 29.8 Å². The van der Waals surface area contributed by atoms with Crippen LogP contribution in [0, 0.1) is 10.1 Å². The molecule has 0 radical (unpaired) electrons. The Morgan fingerprint density at radius 1 is 1.30 bits per heavy atom. The van der Waals surface area contributed by atoms with Gasteiger partial charge in [0.1, 0.15) is 11.5 Å². The third kappa shape index (κ3) is 2.40. The van der Waals surface area contributed by atoms with Gasteiger partial charge in [0.25, 0.3) is 0 Å². The summed E-state index contributed by atoms with van der Waals surface area (Å²) in [6, 6.07) is 13.2. The van der Waals surface area contributed by atoms with Crippen LogP contribution in [-0.2, 0) is 0 Å². The first kappa shape index (κ1) is 15.6. The molecular weight excluding hydrogens is 322 g/mol. The molecular formula is C16H14ClNO5. The molecule has 0 fully saturated rings. The minimum absolute atomic E-state index is 0.290. The standard InChI is InChI=1S/C16H14ClNO5/c1-22-11-6-4-5-10(9-11)15-16(17,18(20)21)14(19)12-7-2-3-8-13(12)23-15/h2-9,14-15,19H,1H3/t14-,15-,16+/m0/s1. The predicted octanol–water partition coefficient (Wildman–Crippen LogP) is 3.07. The molecule has 23 heavy (non-hydrogen) atoms. The number of hydrogen-bond donors (Lipinski definition) is 1. The van der Waals surface area contributed by atoms with E-state index in [1.165, 1.54) is 7.11 Å². The van der Waals surface area contributed by atoms with Crippen molar-refractivity contribution in [3.8, 4) is 11.5 Å². The second-order valence-electron chi connectivity index (χ2n) is 5.20. The van der Waals surface area contributed by atoms with E-state index in [-0.39, 0.29) is 0 Å². The van der Waals surface area contributed by atoms with Crippen LogP contribution >= 0.6 is 11.6 Å². The average molecular weight is 336 g/mol. The van der Waals surface area contributed by atoms with Crippen molar-refractivity contribution < 1.29 is 19.5 Å². The van der Waals surface area contributed by atoms with E-state index in [0.717, 1.165) is 0 Å². The summed E-state index contributed by atoms with van der Waals surface area (Å²) in [4.78, 5) is 8.69. The fourth-order valence-corrected chi connectivity index (χ4v) is 2.97. The molecule has 2 aromatic carbocycles. The number of methoxy groups -OCH3 is 1. The number of halogens is 1. The van der Waals surface area contributed by atoms with Crippen molar-refractivity contribution in [2.75, 3.05) is 7.11 Å². The summed E-state index contributed by atoms with van der Waals surface area (Å²) in [5.41, 5.74) is 0.739. The number of fused-ring (bicyclic) bond motifs is 1. The van der Waals surface area contributed by atoms with Crippen molar-refractivity contribution in [3.05, 3.63) is 69.8 Å². The highest BCUT2D eigenvalue weighted by molar-refractivity contribution is 6.23. The number of aliphatic hydroxyl groups is 1. The summed E-state index contributed by atoms with van der Waals surface area (Å²) >= 11 is 6.27. The third-order valence-corrected chi connectivity index (χ3v) is 4.43. The van der Waals surface area contributed by atoms with Crippen LogP contribution in [0.25, 0.3) is 0 Å². The molecule has 2 aromatic rings. The van der Waals surface area contributed by atoms with Gasteiger partial charge in [-0.15, -0.1) is 0 Å². The first-order valence-corrected chi connectivity index (χ1v) is 7.27. The van der Waals surface area contributed by atoms with Gasteiger partial charge in [0.15, 0.2) is 6.10 Å². The van der Waals surface area contributed by atoms with Gasteiger partial charge in [-0.3, -0.25) is 10.1 Å². The number of nitrogens with zero attached hydrogens (tertiary/aromatic N) is 1. The predicted molar refractivity (Wildman–Crippen MR) is 83.3 cm³/mol. The molecule has 3 atom stereocenters. The van der Waals surface area contributed by atoms with E-state index in [9.17, 15) is 15.2 Å². The highest BCUT2D eigenvalue weighted by atomic mass is 35.5. The number of benzene rings is 2. The molecule has 0 aromatic heterocycles. The van der Waals surface area contributed by atoms with Gasteiger partial charge in [0.2, 0.25) is 6.10 Å². The molecule has 6 nitrogen and oxygen atoms in total. The van der Waals surface area contributed by atoms with Crippen molar-refractivity contribution in [1.29, 1.82) is 0 Å². The molecule has 0 bridgehead atoms. The van der Waals surface area contributed by atoms with Crippen LogP contribution in [0.15, 0.2) is 48.5 Å². The van der Waals surface area contributed by atoms with Gasteiger partial charge in [-0.25, -0.2) is 0 Å². The summed E-state index contributed by atoms with van der Waals surface area (Å²) in [7, 11) is 1.49. The lowest BCUT2D eigenvalue weighted by Crippen LogP contribution is -2.49. The number of rotatable bonds is 3. The van der Waals surface area contributed by atoms with Crippen LogP contribution in [0.1, 0.15) is 23.3 Å². The van der Waals surface area contributed by atoms with Crippen LogP contribution < -0.4 is 9.47 Å². The lowest BCUT2D eigenvalue weighted by molar-refractivity contribution is -0.570. The van der Waals surface area contributed by atoms with E-state index in [1.807, 2.05) is 0 Å². The number of nitro groups is 1. The molecule has 1 N–H and O–H groups in total. The van der Waals surface area contributed by atoms with Gasteiger partial charge < -0.3 is 14.6 Å². The molecule has 0 amide bonds. The molecule has 7 heteroatoms. The minimum atomic E-state index is -2.24. The molecule has 1 aliphatic heterocycles. The second kappa shape index (κ2) is 5.72. The first-order chi connectivity index (χ1) is 11.0. The van der Waals surface area contributed by atoms with Gasteiger partial charge in [0, 0.05) is 11.1 Å². The highest BCUT2D eigenvalue weighted by Crippen LogP contribution is 2.51. The van der Waals surface area contributed by atoms with E-state index in [0.29, 0.717) is 22.6 Å². The lowest BCUT2D eigenvalue weighted by Gasteiger charge is -2.37. The van der Waals surface area contributed by atoms with Crippen molar-refractivity contribution in [1.82, 2.24) is 0 Å². The fraction of sp³-hybridized carbons (Fsp3) is 0.250. The van der Waals surface area contributed by atoms with E-state index in [2.05, 4.69) is 0 Å². The SMILES string of the molecule is COc1cccc([C@@H]2Oc3ccccc3[C@H](O)[C@@]2(Cl)[N+](=O)[O-])c1. The van der Waals surface area contributed by atoms with Gasteiger partial charge in [0.05, 0.1) is 12.0 Å². The zero-order valence-electron chi connectivity index (χ0n) is 12.2. The summed E-state index contributed by atoms with van der Waals surface area (Å²) < 4.78 is 10.9. The maximum absolute atomic E-state index is 11.6. The third-order valence-electron chi connectivity index (χ3n) is 3.89. The molecule has 120 valence electrons. The molecule has 0 saturated heterocycles. The largest absolute Gasteiger partial charge is 0.497 e. The smallest absolute Gasteiger partial charge is 0.364 e. The zero-order valence-corrected chi connectivity index (χ0v) is 12.9. The lowest BCUT2D eigenvalue weighted by atomic mass is 9.89. The quantitative estimate of drug-likeness (QED) is 0.403. The number of ether oxygens (including phenoxy) is 2. The molecule has 0 spiro atoms. The van der Waals surface area contributed by atoms with Gasteiger partial charge in [-0.1, -0.05) is 30.3 Å². The van der Waals surface area contributed by atoms with Crippen LogP contribution in [0.5, 0.6) is 11.5 Å². The Morgan fingerprint density at radius 3 is 2.74 bits per heavy atom. The summed E-state index contributed by atoms with van der Waals surface area (Å²) in [5.74, 6) is 0.882. The Bertz CT molecular complexity index is 753. The maximum Gasteiger partial charge on any atom is 0.364 e. The number of alkyl halides is 1. The zero-order chi connectivity index (χ0) is 16.6. The van der Waals surface area contributed by atoms with Crippen molar-refractivity contribution in [3.63, 3.8) is 0 Å². The Balaban J connectivity index is 2.16. The number of hydrogen-bond acceptors (Lipinski definition) is 5. The topological polar surface area (TPSA) is 81.8 Å². The Morgan fingerprint density at radius 2 is 2.04 bits per heavy atom. The number of para-hydroxylation sites is 1. The van der Waals surface area contributed by atoms with Crippen LogP contribution in [-0.4, -0.2) is 22.1 Å². The van der Waals surface area contributed by atoms with E-state index in [1.54, 1.807) is 48.5 Å². The normalized spacial score (nSPS) is 26.0. The Kier molecular flexibility index (Phi) is 3.87. The fourth-order valence-electron chi connectivity index (χ4n) is 2.69. The Hall–Kier alpha value is -2.31.